The summed E-state index contributed by atoms with van der Waals surface area (Å²) < 4.78 is 13.3. The number of aromatic hydroxyl groups is 1. The zero-order valence-electron chi connectivity index (χ0n) is 9.37. The predicted molar refractivity (Wildman–Crippen MR) is 62.5 cm³/mol. The molecule has 92 valence electrons. The monoisotopic (exact) mass is 238 g/mol. The van der Waals surface area contributed by atoms with Gasteiger partial charge >= 0.3 is 6.03 Å². The van der Waals surface area contributed by atoms with E-state index in [4.69, 9.17) is 5.11 Å². The van der Waals surface area contributed by atoms with E-state index in [9.17, 15) is 9.18 Å². The fraction of sp³-hybridized carbons (Fsp3) is 0.417. The van der Waals surface area contributed by atoms with Crippen LogP contribution in [0.3, 0.4) is 0 Å². The van der Waals surface area contributed by atoms with Crippen molar-refractivity contribution in [1.82, 2.24) is 5.32 Å². The van der Waals surface area contributed by atoms with E-state index in [0.717, 1.165) is 31.7 Å². The van der Waals surface area contributed by atoms with Crippen LogP contribution >= 0.6 is 0 Å². The van der Waals surface area contributed by atoms with Crippen LogP contribution in [0.5, 0.6) is 5.75 Å². The number of hydrogen-bond acceptors (Lipinski definition) is 2. The van der Waals surface area contributed by atoms with Gasteiger partial charge in [0.1, 0.15) is 11.6 Å². The van der Waals surface area contributed by atoms with E-state index in [2.05, 4.69) is 10.6 Å². The Morgan fingerprint density at radius 2 is 2.06 bits per heavy atom. The fourth-order valence-corrected chi connectivity index (χ4v) is 2.02. The maximum absolute atomic E-state index is 13.3. The molecule has 4 nitrogen and oxygen atoms in total. The summed E-state index contributed by atoms with van der Waals surface area (Å²) in [5.41, 5.74) is 0.0679. The first-order chi connectivity index (χ1) is 8.15. The van der Waals surface area contributed by atoms with Crippen LogP contribution in [-0.2, 0) is 0 Å². The number of urea groups is 1. The molecule has 0 aromatic heterocycles. The molecule has 1 fully saturated rings. The Morgan fingerprint density at radius 3 is 2.71 bits per heavy atom. The van der Waals surface area contributed by atoms with Crippen LogP contribution in [0, 0.1) is 5.82 Å². The Morgan fingerprint density at radius 1 is 1.35 bits per heavy atom. The van der Waals surface area contributed by atoms with Gasteiger partial charge in [-0.2, -0.15) is 0 Å². The normalized spacial score (nSPS) is 15.8. The predicted octanol–water partition coefficient (Wildman–Crippen LogP) is 2.60. The molecule has 0 radical (unpaired) electrons. The molecule has 2 rings (SSSR count). The molecule has 17 heavy (non-hydrogen) atoms. The summed E-state index contributed by atoms with van der Waals surface area (Å²) in [6.07, 6.45) is 4.20. The highest BCUT2D eigenvalue weighted by atomic mass is 19.1. The van der Waals surface area contributed by atoms with Gasteiger partial charge in [0.25, 0.3) is 0 Å². The molecule has 5 heteroatoms. The van der Waals surface area contributed by atoms with Gasteiger partial charge in [-0.25, -0.2) is 9.18 Å². The molecule has 2 amide bonds. The van der Waals surface area contributed by atoms with Crippen molar-refractivity contribution in [2.24, 2.45) is 0 Å². The van der Waals surface area contributed by atoms with Gasteiger partial charge in [-0.15, -0.1) is 0 Å². The van der Waals surface area contributed by atoms with Gasteiger partial charge in [-0.05, 0) is 25.0 Å². The number of nitrogens with one attached hydrogen (secondary N) is 2. The van der Waals surface area contributed by atoms with Crippen molar-refractivity contribution in [3.05, 3.63) is 24.0 Å². The topological polar surface area (TPSA) is 61.4 Å². The van der Waals surface area contributed by atoms with E-state index in [-0.39, 0.29) is 17.5 Å². The third-order valence-electron chi connectivity index (χ3n) is 2.89. The Kier molecular flexibility index (Phi) is 3.46. The maximum atomic E-state index is 13.3. The molecular weight excluding hydrogens is 223 g/mol. The highest BCUT2D eigenvalue weighted by Gasteiger charge is 2.17. The molecule has 1 aliphatic rings. The average Bonchev–Trinajstić information content (AvgIpc) is 2.75. The van der Waals surface area contributed by atoms with Crippen molar-refractivity contribution in [2.45, 2.75) is 31.7 Å². The lowest BCUT2D eigenvalue weighted by molar-refractivity contribution is 0.248. The van der Waals surface area contributed by atoms with Crippen molar-refractivity contribution >= 4 is 11.7 Å². The molecular formula is C12H15FN2O2. The second-order valence-corrected chi connectivity index (χ2v) is 4.24. The maximum Gasteiger partial charge on any atom is 0.319 e. The van der Waals surface area contributed by atoms with E-state index in [0.29, 0.717) is 0 Å². The first-order valence-electron chi connectivity index (χ1n) is 5.71. The summed E-state index contributed by atoms with van der Waals surface area (Å²) in [5.74, 6) is -0.809. The summed E-state index contributed by atoms with van der Waals surface area (Å²) in [5, 5.41) is 14.3. The number of anilines is 1. The summed E-state index contributed by atoms with van der Waals surface area (Å²) in [4.78, 5) is 11.6. The van der Waals surface area contributed by atoms with Gasteiger partial charge in [-0.1, -0.05) is 12.8 Å². The van der Waals surface area contributed by atoms with Gasteiger partial charge in [0.05, 0.1) is 5.69 Å². The number of phenolic OH excluding ortho intramolecular Hbond substituents is 1. The summed E-state index contributed by atoms with van der Waals surface area (Å²) in [6.45, 7) is 0. The molecule has 0 bridgehead atoms. The van der Waals surface area contributed by atoms with Crippen LogP contribution < -0.4 is 10.6 Å². The Labute approximate surface area is 98.8 Å². The van der Waals surface area contributed by atoms with E-state index in [1.54, 1.807) is 0 Å². The van der Waals surface area contributed by atoms with E-state index >= 15 is 0 Å². The number of rotatable bonds is 2. The summed E-state index contributed by atoms with van der Waals surface area (Å²) in [7, 11) is 0. The number of halogens is 1. The molecule has 0 saturated heterocycles. The molecule has 1 aromatic carbocycles. The zero-order chi connectivity index (χ0) is 12.3. The third-order valence-corrected chi connectivity index (χ3v) is 2.89. The van der Waals surface area contributed by atoms with E-state index in [1.165, 1.54) is 12.1 Å². The minimum absolute atomic E-state index is 0.0679. The molecule has 0 aliphatic heterocycles. The lowest BCUT2D eigenvalue weighted by atomic mass is 10.2. The third kappa shape index (κ3) is 3.09. The highest BCUT2D eigenvalue weighted by Crippen LogP contribution is 2.20. The molecule has 0 unspecified atom stereocenters. The quantitative estimate of drug-likeness (QED) is 0.693. The summed E-state index contributed by atoms with van der Waals surface area (Å²) in [6, 6.07) is 3.41. The van der Waals surface area contributed by atoms with E-state index < -0.39 is 11.8 Å². The van der Waals surface area contributed by atoms with E-state index in [1.807, 2.05) is 0 Å². The molecule has 0 atom stereocenters. The first kappa shape index (κ1) is 11.7. The minimum Gasteiger partial charge on any atom is -0.508 e. The van der Waals surface area contributed by atoms with Crippen LogP contribution in [0.2, 0.25) is 0 Å². The standard InChI is InChI=1S/C12H15FN2O2/c13-10-7-9(16)5-6-11(10)15-12(17)14-8-3-1-2-4-8/h5-8,16H,1-4H2,(H2,14,15,17). The Balaban J connectivity index is 1.93. The zero-order valence-corrected chi connectivity index (χ0v) is 9.37. The number of phenols is 1. The van der Waals surface area contributed by atoms with Crippen LogP contribution in [0.25, 0.3) is 0 Å². The van der Waals surface area contributed by atoms with Gasteiger partial charge in [0.15, 0.2) is 0 Å². The van der Waals surface area contributed by atoms with Gasteiger partial charge in [0.2, 0.25) is 0 Å². The Bertz CT molecular complexity index is 417. The molecule has 1 aliphatic carbocycles. The van der Waals surface area contributed by atoms with Crippen molar-refractivity contribution in [3.63, 3.8) is 0 Å². The lowest BCUT2D eigenvalue weighted by Crippen LogP contribution is -2.36. The molecule has 3 N–H and O–H groups in total. The number of hydrogen-bond donors (Lipinski definition) is 3. The Hall–Kier alpha value is -1.78. The van der Waals surface area contributed by atoms with Crippen molar-refractivity contribution < 1.29 is 14.3 Å². The van der Waals surface area contributed by atoms with Gasteiger partial charge in [-0.3, -0.25) is 0 Å². The average molecular weight is 238 g/mol. The highest BCUT2D eigenvalue weighted by molar-refractivity contribution is 5.89. The van der Waals surface area contributed by atoms with Crippen LogP contribution in [0.15, 0.2) is 18.2 Å². The fourth-order valence-electron chi connectivity index (χ4n) is 2.02. The number of carbonyl (C=O) groups is 1. The van der Waals surface area contributed by atoms with Crippen molar-refractivity contribution in [1.29, 1.82) is 0 Å². The van der Waals surface area contributed by atoms with Crippen molar-refractivity contribution in [3.8, 4) is 5.75 Å². The van der Waals surface area contributed by atoms with Crippen molar-refractivity contribution in [2.75, 3.05) is 5.32 Å². The molecule has 1 saturated carbocycles. The molecule has 0 spiro atoms. The number of amides is 2. The lowest BCUT2D eigenvalue weighted by Gasteiger charge is -2.13. The van der Waals surface area contributed by atoms with Crippen LogP contribution in [-0.4, -0.2) is 17.2 Å². The second kappa shape index (κ2) is 5.03. The number of carbonyl (C=O) groups excluding carboxylic acids is 1. The molecule has 1 aromatic rings. The van der Waals surface area contributed by atoms with Crippen LogP contribution in [0.4, 0.5) is 14.9 Å². The van der Waals surface area contributed by atoms with Gasteiger partial charge < -0.3 is 15.7 Å². The van der Waals surface area contributed by atoms with Gasteiger partial charge in [0, 0.05) is 12.1 Å². The minimum atomic E-state index is -0.647. The summed E-state index contributed by atoms with van der Waals surface area (Å²) >= 11 is 0. The largest absolute Gasteiger partial charge is 0.508 e. The SMILES string of the molecule is O=C(Nc1ccc(O)cc1F)NC1CCCC1. The number of benzene rings is 1. The molecule has 0 heterocycles. The van der Waals surface area contributed by atoms with Crippen LogP contribution in [0.1, 0.15) is 25.7 Å². The smallest absolute Gasteiger partial charge is 0.319 e. The first-order valence-corrected chi connectivity index (χ1v) is 5.71. The second-order valence-electron chi connectivity index (χ2n) is 4.24.